The molecule has 0 radical (unpaired) electrons. The third kappa shape index (κ3) is 4.03. The number of carbonyl (C=O) groups is 2. The Morgan fingerprint density at radius 1 is 1.07 bits per heavy atom. The molecule has 150 valence electrons. The van der Waals surface area contributed by atoms with Gasteiger partial charge in [0.15, 0.2) is 11.5 Å². The van der Waals surface area contributed by atoms with Crippen molar-refractivity contribution in [1.82, 2.24) is 0 Å². The van der Waals surface area contributed by atoms with Gasteiger partial charge in [-0.05, 0) is 23.6 Å². The lowest BCUT2D eigenvalue weighted by atomic mass is 10.0. The number of amides is 3. The maximum absolute atomic E-state index is 12.9. The predicted molar refractivity (Wildman–Crippen MR) is 118 cm³/mol. The van der Waals surface area contributed by atoms with E-state index in [4.69, 9.17) is 26.8 Å². The van der Waals surface area contributed by atoms with E-state index in [1.165, 1.54) is 20.3 Å². The van der Waals surface area contributed by atoms with Crippen LogP contribution in [0.2, 0.25) is 5.02 Å². The number of thiol groups is 1. The van der Waals surface area contributed by atoms with Gasteiger partial charge in [0.1, 0.15) is 0 Å². The van der Waals surface area contributed by atoms with Gasteiger partial charge in [0, 0.05) is 22.0 Å². The molecule has 0 aromatic heterocycles. The summed E-state index contributed by atoms with van der Waals surface area (Å²) in [5, 5.41) is 4.33. The van der Waals surface area contributed by atoms with Crippen LogP contribution in [0.15, 0.2) is 48.5 Å². The number of nitrogens with one attached hydrogen (secondary N) is 1. The van der Waals surface area contributed by atoms with Gasteiger partial charge in [0.2, 0.25) is 5.91 Å². The van der Waals surface area contributed by atoms with Crippen molar-refractivity contribution >= 4 is 58.5 Å². The van der Waals surface area contributed by atoms with E-state index in [0.717, 1.165) is 4.31 Å². The van der Waals surface area contributed by atoms with Gasteiger partial charge < -0.3 is 20.5 Å². The zero-order valence-corrected chi connectivity index (χ0v) is 17.3. The third-order valence-corrected chi connectivity index (χ3v) is 4.89. The molecule has 0 saturated carbocycles. The van der Waals surface area contributed by atoms with Crippen LogP contribution in [0, 0.1) is 0 Å². The lowest BCUT2D eigenvalue weighted by molar-refractivity contribution is 0.100. The molecule has 0 aliphatic heterocycles. The fraction of sp³-hybridized carbons (Fsp3) is 0.100. The molecule has 7 nitrogen and oxygen atoms in total. The van der Waals surface area contributed by atoms with Gasteiger partial charge in [-0.15, -0.1) is 0 Å². The quantitative estimate of drug-likeness (QED) is 0.519. The Hall–Kier alpha value is -3.10. The van der Waals surface area contributed by atoms with Gasteiger partial charge in [-0.3, -0.25) is 4.79 Å². The number of urea groups is 1. The normalized spacial score (nSPS) is 10.5. The molecule has 0 fully saturated rings. The van der Waals surface area contributed by atoms with Crippen molar-refractivity contribution in [3.8, 4) is 11.5 Å². The van der Waals surface area contributed by atoms with E-state index in [2.05, 4.69) is 18.1 Å². The SMILES string of the molecule is COc1cc(Cl)cc(NC(=O)N(S)c2ccc(C(N)=O)c3ccccc23)c1OC. The minimum Gasteiger partial charge on any atom is -0.493 e. The molecule has 0 saturated heterocycles. The second-order valence-corrected chi connectivity index (χ2v) is 6.81. The first kappa shape index (κ1) is 20.6. The number of methoxy groups -OCH3 is 2. The molecule has 0 aliphatic carbocycles. The van der Waals surface area contributed by atoms with Crippen molar-refractivity contribution in [3.63, 3.8) is 0 Å². The zero-order chi connectivity index (χ0) is 21.1. The summed E-state index contributed by atoms with van der Waals surface area (Å²) >= 11 is 10.4. The summed E-state index contributed by atoms with van der Waals surface area (Å²) < 4.78 is 11.7. The summed E-state index contributed by atoms with van der Waals surface area (Å²) in [7, 11) is 2.92. The molecule has 0 spiro atoms. The molecule has 3 amide bonds. The number of primary amides is 1. The number of nitrogens with zero attached hydrogens (tertiary/aromatic N) is 1. The summed E-state index contributed by atoms with van der Waals surface area (Å²) in [6, 6.07) is 12.8. The van der Waals surface area contributed by atoms with E-state index in [-0.39, 0.29) is 0 Å². The third-order valence-electron chi connectivity index (χ3n) is 4.27. The van der Waals surface area contributed by atoms with E-state index in [1.807, 2.05) is 0 Å². The van der Waals surface area contributed by atoms with Crippen LogP contribution in [0.3, 0.4) is 0 Å². The molecule has 0 aliphatic rings. The first-order chi connectivity index (χ1) is 13.9. The highest BCUT2D eigenvalue weighted by molar-refractivity contribution is 7.82. The van der Waals surface area contributed by atoms with E-state index < -0.39 is 11.9 Å². The highest BCUT2D eigenvalue weighted by Gasteiger charge is 2.20. The summed E-state index contributed by atoms with van der Waals surface area (Å²) in [4.78, 5) is 24.6. The van der Waals surface area contributed by atoms with Crippen molar-refractivity contribution in [1.29, 1.82) is 0 Å². The first-order valence-corrected chi connectivity index (χ1v) is 9.18. The van der Waals surface area contributed by atoms with E-state index >= 15 is 0 Å². The van der Waals surface area contributed by atoms with Crippen LogP contribution >= 0.6 is 24.4 Å². The van der Waals surface area contributed by atoms with Crippen LogP contribution in [0.5, 0.6) is 11.5 Å². The number of benzene rings is 3. The molecule has 3 aromatic rings. The summed E-state index contributed by atoms with van der Waals surface area (Å²) in [5.74, 6) is 0.136. The number of rotatable bonds is 5. The Kier molecular flexibility index (Phi) is 6.05. The Morgan fingerprint density at radius 2 is 1.76 bits per heavy atom. The number of nitrogens with two attached hydrogens (primary N) is 1. The molecule has 3 aromatic carbocycles. The van der Waals surface area contributed by atoms with Crippen LogP contribution < -0.4 is 24.8 Å². The Balaban J connectivity index is 2.00. The number of fused-ring (bicyclic) bond motifs is 1. The van der Waals surface area contributed by atoms with Crippen LogP contribution in [0.25, 0.3) is 10.8 Å². The van der Waals surface area contributed by atoms with E-state index in [9.17, 15) is 9.59 Å². The monoisotopic (exact) mass is 431 g/mol. The Bertz CT molecular complexity index is 1110. The fourth-order valence-electron chi connectivity index (χ4n) is 2.98. The number of hydrogen-bond acceptors (Lipinski definition) is 5. The molecule has 0 unspecified atom stereocenters. The van der Waals surface area contributed by atoms with Gasteiger partial charge in [-0.1, -0.05) is 48.7 Å². The molecule has 0 bridgehead atoms. The smallest absolute Gasteiger partial charge is 0.336 e. The Labute approximate surface area is 177 Å². The topological polar surface area (TPSA) is 93.9 Å². The minimum atomic E-state index is -0.562. The second kappa shape index (κ2) is 8.50. The summed E-state index contributed by atoms with van der Waals surface area (Å²) in [5.41, 5.74) is 6.60. The maximum Gasteiger partial charge on any atom is 0.336 e. The highest BCUT2D eigenvalue weighted by atomic mass is 35.5. The largest absolute Gasteiger partial charge is 0.493 e. The minimum absolute atomic E-state index is 0.318. The molecule has 3 N–H and O–H groups in total. The lowest BCUT2D eigenvalue weighted by Gasteiger charge is -2.21. The van der Waals surface area contributed by atoms with Gasteiger partial charge in [-0.2, -0.15) is 0 Å². The van der Waals surface area contributed by atoms with Crippen molar-refractivity contribution < 1.29 is 19.1 Å². The fourth-order valence-corrected chi connectivity index (χ4v) is 3.42. The number of carbonyl (C=O) groups excluding carboxylic acids is 2. The zero-order valence-electron chi connectivity index (χ0n) is 15.6. The average Bonchev–Trinajstić information content (AvgIpc) is 2.71. The summed E-state index contributed by atoms with van der Waals surface area (Å²) in [6.07, 6.45) is 0. The molecule has 29 heavy (non-hydrogen) atoms. The van der Waals surface area contributed by atoms with Crippen molar-refractivity contribution in [2.24, 2.45) is 5.73 Å². The van der Waals surface area contributed by atoms with Gasteiger partial charge >= 0.3 is 6.03 Å². The average molecular weight is 432 g/mol. The van der Waals surface area contributed by atoms with Crippen molar-refractivity contribution in [2.75, 3.05) is 23.8 Å². The van der Waals surface area contributed by atoms with Crippen LogP contribution in [0.4, 0.5) is 16.2 Å². The number of hydrogen-bond donors (Lipinski definition) is 3. The van der Waals surface area contributed by atoms with Gasteiger partial charge in [0.05, 0.1) is 25.6 Å². The van der Waals surface area contributed by atoms with Gasteiger partial charge in [0.25, 0.3) is 0 Å². The standard InChI is InChI=1S/C20H18ClN3O4S/c1-27-17-10-11(21)9-15(18(17)28-2)23-20(26)24(29)16-8-7-14(19(22)25)12-5-3-4-6-13(12)16/h3-10,29H,1-2H3,(H2,22,25)(H,23,26). The van der Waals surface area contributed by atoms with Gasteiger partial charge in [-0.25, -0.2) is 9.10 Å². The maximum atomic E-state index is 12.9. The van der Waals surface area contributed by atoms with Crippen LogP contribution in [0.1, 0.15) is 10.4 Å². The molecule has 3 rings (SSSR count). The molecule has 0 atom stereocenters. The number of halogens is 1. The van der Waals surface area contributed by atoms with E-state index in [1.54, 1.807) is 42.5 Å². The number of anilines is 2. The highest BCUT2D eigenvalue weighted by Crippen LogP contribution is 2.39. The molecule has 9 heteroatoms. The summed E-state index contributed by atoms with van der Waals surface area (Å²) in [6.45, 7) is 0. The predicted octanol–water partition coefficient (Wildman–Crippen LogP) is 4.49. The molecular formula is C20H18ClN3O4S. The molecular weight excluding hydrogens is 414 g/mol. The van der Waals surface area contributed by atoms with Crippen molar-refractivity contribution in [3.05, 3.63) is 59.1 Å². The van der Waals surface area contributed by atoms with Crippen LogP contribution in [-0.2, 0) is 0 Å². The number of ether oxygens (including phenoxy) is 2. The lowest BCUT2D eigenvalue weighted by Crippen LogP contribution is -2.27. The first-order valence-electron chi connectivity index (χ1n) is 8.40. The second-order valence-electron chi connectivity index (χ2n) is 5.97. The van der Waals surface area contributed by atoms with Crippen LogP contribution in [-0.4, -0.2) is 26.2 Å². The van der Waals surface area contributed by atoms with E-state index in [0.29, 0.717) is 44.2 Å². The van der Waals surface area contributed by atoms with Crippen molar-refractivity contribution in [2.45, 2.75) is 0 Å². The molecule has 0 heterocycles. The Morgan fingerprint density at radius 3 is 2.38 bits per heavy atom.